The number of rotatable bonds is 12. The molecule has 0 saturated carbocycles. The molecule has 0 unspecified atom stereocenters. The molecule has 2 rings (SSSR count). The zero-order valence-corrected chi connectivity index (χ0v) is 18.5. The Morgan fingerprint density at radius 2 is 1.10 bits per heavy atom. The van der Waals surface area contributed by atoms with Gasteiger partial charge in [0.25, 0.3) is 31.2 Å². The van der Waals surface area contributed by atoms with Crippen LogP contribution in [0.4, 0.5) is 0 Å². The standard InChI is InChI=1S/C18H26N5O7P/c1-19(9-8-18(28)29)31(30,20(2)10-12-22-14(24)4-5-15(22)25)21(3)11-13-23-16(26)6-7-17(23)27/h4-7H,8-13H2,1-3H3,(H,28,29). The molecule has 2 heterocycles. The maximum absolute atomic E-state index is 14.0. The lowest BCUT2D eigenvalue weighted by atomic mass is 10.4. The number of carbonyl (C=O) groups is 5. The third-order valence-electron chi connectivity index (χ3n) is 5.08. The molecule has 0 aromatic heterocycles. The number of aliphatic carboxylic acids is 1. The summed E-state index contributed by atoms with van der Waals surface area (Å²) in [5, 5.41) is 9.00. The Kier molecular flexibility index (Phi) is 8.02. The molecule has 2 aliphatic heterocycles. The second-order valence-corrected chi connectivity index (χ2v) is 10.2. The van der Waals surface area contributed by atoms with Crippen LogP contribution in [0.3, 0.4) is 0 Å². The van der Waals surface area contributed by atoms with E-state index in [4.69, 9.17) is 5.11 Å². The van der Waals surface area contributed by atoms with Gasteiger partial charge in [0.1, 0.15) is 0 Å². The zero-order valence-electron chi connectivity index (χ0n) is 17.6. The van der Waals surface area contributed by atoms with Gasteiger partial charge in [-0.1, -0.05) is 0 Å². The molecule has 0 spiro atoms. The lowest BCUT2D eigenvalue weighted by molar-refractivity contribution is -0.138. The van der Waals surface area contributed by atoms with Crippen LogP contribution < -0.4 is 0 Å². The van der Waals surface area contributed by atoms with Crippen LogP contribution in [0.15, 0.2) is 24.3 Å². The summed E-state index contributed by atoms with van der Waals surface area (Å²) in [6.45, 7) is 0.119. The van der Waals surface area contributed by atoms with Crippen molar-refractivity contribution in [1.29, 1.82) is 0 Å². The van der Waals surface area contributed by atoms with Crippen LogP contribution in [-0.2, 0) is 28.5 Å². The lowest BCUT2D eigenvalue weighted by Gasteiger charge is -2.41. The van der Waals surface area contributed by atoms with Crippen LogP contribution in [0, 0.1) is 0 Å². The van der Waals surface area contributed by atoms with Gasteiger partial charge in [-0.05, 0) is 21.1 Å². The van der Waals surface area contributed by atoms with Crippen LogP contribution in [0.25, 0.3) is 0 Å². The van der Waals surface area contributed by atoms with Crippen LogP contribution in [0.1, 0.15) is 6.42 Å². The van der Waals surface area contributed by atoms with Crippen molar-refractivity contribution < 1.29 is 33.6 Å². The molecule has 0 fully saturated rings. The predicted molar refractivity (Wildman–Crippen MR) is 109 cm³/mol. The molecule has 0 radical (unpaired) electrons. The Morgan fingerprint density at radius 1 is 0.774 bits per heavy atom. The van der Waals surface area contributed by atoms with Crippen molar-refractivity contribution in [3.8, 4) is 0 Å². The SMILES string of the molecule is CN(CCC(=O)O)P(=O)(N(C)CCN1C(=O)C=CC1=O)N(C)CCN1C(=O)C=CC1=O. The highest BCUT2D eigenvalue weighted by Gasteiger charge is 2.38. The molecule has 0 bridgehead atoms. The van der Waals surface area contributed by atoms with Gasteiger partial charge in [-0.25, -0.2) is 14.0 Å². The van der Waals surface area contributed by atoms with Gasteiger partial charge in [0.15, 0.2) is 0 Å². The van der Waals surface area contributed by atoms with Gasteiger partial charge >= 0.3 is 5.97 Å². The Morgan fingerprint density at radius 3 is 1.42 bits per heavy atom. The summed E-state index contributed by atoms with van der Waals surface area (Å²) in [5.74, 6) is -2.89. The van der Waals surface area contributed by atoms with Crippen molar-refractivity contribution >= 4 is 37.2 Å². The summed E-state index contributed by atoms with van der Waals surface area (Å²) in [5.41, 5.74) is 0. The smallest absolute Gasteiger partial charge is 0.304 e. The van der Waals surface area contributed by atoms with Crippen molar-refractivity contribution in [2.75, 3.05) is 53.9 Å². The van der Waals surface area contributed by atoms with Crippen molar-refractivity contribution in [2.45, 2.75) is 6.42 Å². The number of hydrogen-bond donors (Lipinski definition) is 1. The summed E-state index contributed by atoms with van der Waals surface area (Å²) >= 11 is 0. The molecular formula is C18H26N5O7P. The van der Waals surface area contributed by atoms with E-state index in [0.29, 0.717) is 0 Å². The van der Waals surface area contributed by atoms with E-state index in [1.165, 1.54) is 21.1 Å². The first-order valence-electron chi connectivity index (χ1n) is 9.52. The van der Waals surface area contributed by atoms with Gasteiger partial charge in [-0.15, -0.1) is 0 Å². The predicted octanol–water partition coefficient (Wildman–Crippen LogP) is -0.785. The van der Waals surface area contributed by atoms with Crippen molar-refractivity contribution in [3.05, 3.63) is 24.3 Å². The fraction of sp³-hybridized carbons (Fsp3) is 0.500. The Labute approximate surface area is 179 Å². The first-order chi connectivity index (χ1) is 14.5. The minimum absolute atomic E-state index is 0.00121. The average molecular weight is 455 g/mol. The van der Waals surface area contributed by atoms with Gasteiger partial charge < -0.3 is 5.11 Å². The number of carboxylic acids is 1. The van der Waals surface area contributed by atoms with Crippen molar-refractivity contribution in [2.24, 2.45) is 0 Å². The number of amides is 4. The first-order valence-corrected chi connectivity index (χ1v) is 11.1. The second kappa shape index (κ2) is 10.1. The molecule has 0 aromatic carbocycles. The third-order valence-corrected chi connectivity index (χ3v) is 8.35. The first kappa shape index (κ1) is 24.6. The van der Waals surface area contributed by atoms with Crippen molar-refractivity contribution in [3.63, 3.8) is 0 Å². The summed E-state index contributed by atoms with van der Waals surface area (Å²) in [4.78, 5) is 60.1. The van der Waals surface area contributed by atoms with E-state index in [9.17, 15) is 28.5 Å². The van der Waals surface area contributed by atoms with Crippen LogP contribution in [0.2, 0.25) is 0 Å². The average Bonchev–Trinajstić information content (AvgIpc) is 3.21. The number of likely N-dealkylation sites (N-methyl/N-ethyl adjacent to an activating group) is 2. The third kappa shape index (κ3) is 5.53. The van der Waals surface area contributed by atoms with E-state index in [-0.39, 0.29) is 39.1 Å². The van der Waals surface area contributed by atoms with Gasteiger partial charge in [0.2, 0.25) is 0 Å². The minimum Gasteiger partial charge on any atom is -0.481 e. The van der Waals surface area contributed by atoms with E-state index in [2.05, 4.69) is 0 Å². The number of nitrogens with zero attached hydrogens (tertiary/aromatic N) is 5. The second-order valence-electron chi connectivity index (χ2n) is 7.12. The summed E-state index contributed by atoms with van der Waals surface area (Å²) < 4.78 is 18.4. The molecule has 0 saturated heterocycles. The normalized spacial score (nSPS) is 16.8. The van der Waals surface area contributed by atoms with E-state index >= 15 is 0 Å². The van der Waals surface area contributed by atoms with Gasteiger partial charge in [0, 0.05) is 57.0 Å². The van der Waals surface area contributed by atoms with E-state index in [0.717, 1.165) is 34.1 Å². The number of imide groups is 2. The Hall–Kier alpha value is -2.66. The Bertz CT molecular complexity index is 795. The molecule has 2 aliphatic rings. The molecule has 31 heavy (non-hydrogen) atoms. The molecule has 0 atom stereocenters. The molecule has 4 amide bonds. The monoisotopic (exact) mass is 455 g/mol. The largest absolute Gasteiger partial charge is 0.481 e. The number of carbonyl (C=O) groups excluding carboxylic acids is 4. The maximum Gasteiger partial charge on any atom is 0.304 e. The molecule has 170 valence electrons. The fourth-order valence-electron chi connectivity index (χ4n) is 3.22. The van der Waals surface area contributed by atoms with Crippen LogP contribution >= 0.6 is 7.59 Å². The van der Waals surface area contributed by atoms with E-state index in [1.54, 1.807) is 14.1 Å². The molecule has 1 N–H and O–H groups in total. The lowest BCUT2D eigenvalue weighted by Crippen LogP contribution is -2.44. The fourth-order valence-corrected chi connectivity index (χ4v) is 5.85. The topological polar surface area (TPSA) is 139 Å². The summed E-state index contributed by atoms with van der Waals surface area (Å²) in [7, 11) is 1.05. The van der Waals surface area contributed by atoms with E-state index in [1.807, 2.05) is 0 Å². The highest BCUT2D eigenvalue weighted by molar-refractivity contribution is 7.56. The summed E-state index contributed by atoms with van der Waals surface area (Å²) in [6.07, 6.45) is 4.38. The minimum atomic E-state index is -3.54. The van der Waals surface area contributed by atoms with Crippen LogP contribution in [-0.4, -0.2) is 112 Å². The molecule has 12 nitrogen and oxygen atoms in total. The quantitative estimate of drug-likeness (QED) is 0.294. The van der Waals surface area contributed by atoms with E-state index < -0.39 is 37.2 Å². The molecular weight excluding hydrogens is 429 g/mol. The highest BCUT2D eigenvalue weighted by atomic mass is 31.2. The molecule has 0 aliphatic carbocycles. The zero-order chi connectivity index (χ0) is 23.3. The summed E-state index contributed by atoms with van der Waals surface area (Å²) in [6, 6.07) is 0. The molecule has 0 aromatic rings. The number of carboxylic acid groups (broad SMARTS) is 1. The van der Waals surface area contributed by atoms with Gasteiger partial charge in [0.05, 0.1) is 6.42 Å². The number of hydrogen-bond acceptors (Lipinski definition) is 6. The maximum atomic E-state index is 14.0. The van der Waals surface area contributed by atoms with Gasteiger partial charge in [-0.2, -0.15) is 0 Å². The van der Waals surface area contributed by atoms with Gasteiger partial charge in [-0.3, -0.25) is 38.3 Å². The Balaban J connectivity index is 2.12. The van der Waals surface area contributed by atoms with Crippen molar-refractivity contribution in [1.82, 2.24) is 23.8 Å². The molecule has 13 heteroatoms. The highest BCUT2D eigenvalue weighted by Crippen LogP contribution is 2.53. The van der Waals surface area contributed by atoms with Crippen LogP contribution in [0.5, 0.6) is 0 Å².